The van der Waals surface area contributed by atoms with Crippen LogP contribution in [0.5, 0.6) is 0 Å². The number of ether oxygens (including phenoxy) is 2. The van der Waals surface area contributed by atoms with Crippen LogP contribution >= 0.6 is 0 Å². The third-order valence-electron chi connectivity index (χ3n) is 3.61. The Morgan fingerprint density at radius 2 is 1.32 bits per heavy atom. The molecule has 114 valence electrons. The second-order valence-electron chi connectivity index (χ2n) is 5.00. The lowest BCUT2D eigenvalue weighted by atomic mass is 9.94. The fraction of sp³-hybridized carbons (Fsp3) is 1.00. The SMILES string of the molecule is OCCOCCN(CCOCCO)C1CCCCC1. The van der Waals surface area contributed by atoms with Crippen LogP contribution in [0.2, 0.25) is 0 Å². The Bertz CT molecular complexity index is 186. The molecule has 0 amide bonds. The standard InChI is InChI=1S/C14H29NO4/c16-8-12-18-10-6-15(7-11-19-13-9-17)14-4-2-1-3-5-14/h14,16-17H,1-13H2. The van der Waals surface area contributed by atoms with E-state index >= 15 is 0 Å². The van der Waals surface area contributed by atoms with Gasteiger partial charge in [-0.05, 0) is 12.8 Å². The largest absolute Gasteiger partial charge is 0.394 e. The molecule has 0 aromatic heterocycles. The van der Waals surface area contributed by atoms with Gasteiger partial charge >= 0.3 is 0 Å². The zero-order valence-electron chi connectivity index (χ0n) is 11.9. The quantitative estimate of drug-likeness (QED) is 0.542. The summed E-state index contributed by atoms with van der Waals surface area (Å²) in [5.41, 5.74) is 0. The summed E-state index contributed by atoms with van der Waals surface area (Å²) in [5, 5.41) is 17.4. The maximum absolute atomic E-state index is 8.70. The van der Waals surface area contributed by atoms with Gasteiger partial charge in [-0.1, -0.05) is 19.3 Å². The summed E-state index contributed by atoms with van der Waals surface area (Å²) in [6, 6.07) is 0.643. The first-order chi connectivity index (χ1) is 9.38. The Morgan fingerprint density at radius 1 is 0.789 bits per heavy atom. The Labute approximate surface area is 116 Å². The average molecular weight is 275 g/mol. The minimum atomic E-state index is 0.0863. The van der Waals surface area contributed by atoms with Crippen LogP contribution in [0.1, 0.15) is 32.1 Å². The minimum Gasteiger partial charge on any atom is -0.394 e. The van der Waals surface area contributed by atoms with Gasteiger partial charge in [-0.3, -0.25) is 4.90 Å². The first-order valence-electron chi connectivity index (χ1n) is 7.49. The van der Waals surface area contributed by atoms with E-state index < -0.39 is 0 Å². The van der Waals surface area contributed by atoms with E-state index in [0.29, 0.717) is 32.5 Å². The minimum absolute atomic E-state index is 0.0863. The number of rotatable bonds is 11. The van der Waals surface area contributed by atoms with Gasteiger partial charge in [-0.25, -0.2) is 0 Å². The summed E-state index contributed by atoms with van der Waals surface area (Å²) in [4.78, 5) is 2.44. The third kappa shape index (κ3) is 7.84. The molecule has 0 spiro atoms. The summed E-state index contributed by atoms with van der Waals surface area (Å²) in [6.45, 7) is 4.12. The first-order valence-corrected chi connectivity index (χ1v) is 7.49. The molecule has 19 heavy (non-hydrogen) atoms. The molecule has 0 aromatic rings. The molecule has 0 saturated heterocycles. The van der Waals surface area contributed by atoms with Gasteiger partial charge in [0.15, 0.2) is 0 Å². The number of hydrogen-bond acceptors (Lipinski definition) is 5. The van der Waals surface area contributed by atoms with Crippen molar-refractivity contribution in [3.63, 3.8) is 0 Å². The van der Waals surface area contributed by atoms with Crippen molar-refractivity contribution >= 4 is 0 Å². The van der Waals surface area contributed by atoms with Crippen LogP contribution in [0.4, 0.5) is 0 Å². The highest BCUT2D eigenvalue weighted by Gasteiger charge is 2.20. The Morgan fingerprint density at radius 3 is 1.79 bits per heavy atom. The molecule has 0 atom stereocenters. The van der Waals surface area contributed by atoms with Crippen LogP contribution in [-0.2, 0) is 9.47 Å². The van der Waals surface area contributed by atoms with Crippen molar-refractivity contribution in [1.82, 2.24) is 4.90 Å². The highest BCUT2D eigenvalue weighted by atomic mass is 16.5. The van der Waals surface area contributed by atoms with Crippen molar-refractivity contribution < 1.29 is 19.7 Å². The monoisotopic (exact) mass is 275 g/mol. The number of aliphatic hydroxyl groups excluding tert-OH is 2. The summed E-state index contributed by atoms with van der Waals surface area (Å²) in [7, 11) is 0. The van der Waals surface area contributed by atoms with Crippen LogP contribution < -0.4 is 0 Å². The molecule has 1 aliphatic carbocycles. The van der Waals surface area contributed by atoms with Gasteiger partial charge in [0.2, 0.25) is 0 Å². The molecule has 1 saturated carbocycles. The average Bonchev–Trinajstić information content (AvgIpc) is 2.46. The fourth-order valence-corrected chi connectivity index (χ4v) is 2.62. The van der Waals surface area contributed by atoms with Crippen LogP contribution in [0.3, 0.4) is 0 Å². The number of nitrogens with zero attached hydrogens (tertiary/aromatic N) is 1. The molecule has 1 rings (SSSR count). The molecule has 2 N–H and O–H groups in total. The van der Waals surface area contributed by atoms with Crippen molar-refractivity contribution in [1.29, 1.82) is 0 Å². The second-order valence-corrected chi connectivity index (χ2v) is 5.00. The third-order valence-corrected chi connectivity index (χ3v) is 3.61. The number of hydrogen-bond donors (Lipinski definition) is 2. The van der Waals surface area contributed by atoms with Crippen LogP contribution in [-0.4, -0.2) is 73.9 Å². The highest BCUT2D eigenvalue weighted by Crippen LogP contribution is 2.22. The maximum atomic E-state index is 8.70. The van der Waals surface area contributed by atoms with E-state index in [2.05, 4.69) is 4.90 Å². The molecule has 0 aromatic carbocycles. The Kier molecular flexibility index (Phi) is 10.3. The summed E-state index contributed by atoms with van der Waals surface area (Å²) in [6.07, 6.45) is 6.51. The highest BCUT2D eigenvalue weighted by molar-refractivity contribution is 4.75. The van der Waals surface area contributed by atoms with Crippen LogP contribution in [0.15, 0.2) is 0 Å². The van der Waals surface area contributed by atoms with Crippen molar-refractivity contribution in [2.45, 2.75) is 38.1 Å². The molecule has 1 fully saturated rings. The Balaban J connectivity index is 2.24. The molecule has 0 heterocycles. The van der Waals surface area contributed by atoms with Gasteiger partial charge in [0, 0.05) is 19.1 Å². The molecular formula is C14H29NO4. The van der Waals surface area contributed by atoms with Crippen molar-refractivity contribution in [3.05, 3.63) is 0 Å². The molecule has 1 aliphatic rings. The molecule has 0 unspecified atom stereocenters. The van der Waals surface area contributed by atoms with E-state index in [9.17, 15) is 0 Å². The van der Waals surface area contributed by atoms with Crippen LogP contribution in [0, 0.1) is 0 Å². The van der Waals surface area contributed by atoms with E-state index in [1.807, 2.05) is 0 Å². The fourth-order valence-electron chi connectivity index (χ4n) is 2.62. The number of aliphatic hydroxyl groups is 2. The van der Waals surface area contributed by atoms with Crippen molar-refractivity contribution in [3.8, 4) is 0 Å². The predicted molar refractivity (Wildman–Crippen MR) is 74.3 cm³/mol. The predicted octanol–water partition coefficient (Wildman–Crippen LogP) is 0.639. The molecule has 0 radical (unpaired) electrons. The van der Waals surface area contributed by atoms with E-state index in [1.54, 1.807) is 0 Å². The maximum Gasteiger partial charge on any atom is 0.0698 e. The van der Waals surface area contributed by atoms with Gasteiger partial charge < -0.3 is 19.7 Å². The molecular weight excluding hydrogens is 246 g/mol. The van der Waals surface area contributed by atoms with Gasteiger partial charge in [-0.15, -0.1) is 0 Å². The Hall–Kier alpha value is -0.200. The van der Waals surface area contributed by atoms with Gasteiger partial charge in [0.05, 0.1) is 39.6 Å². The summed E-state index contributed by atoms with van der Waals surface area (Å²) >= 11 is 0. The van der Waals surface area contributed by atoms with Gasteiger partial charge in [0.1, 0.15) is 0 Å². The zero-order chi connectivity index (χ0) is 13.8. The van der Waals surface area contributed by atoms with E-state index in [1.165, 1.54) is 32.1 Å². The van der Waals surface area contributed by atoms with E-state index in [-0.39, 0.29) is 13.2 Å². The van der Waals surface area contributed by atoms with E-state index in [4.69, 9.17) is 19.7 Å². The van der Waals surface area contributed by atoms with Gasteiger partial charge in [0.25, 0.3) is 0 Å². The van der Waals surface area contributed by atoms with Crippen LogP contribution in [0.25, 0.3) is 0 Å². The van der Waals surface area contributed by atoms with Gasteiger partial charge in [-0.2, -0.15) is 0 Å². The summed E-state index contributed by atoms with van der Waals surface area (Å²) in [5.74, 6) is 0. The molecule has 5 heteroatoms. The smallest absolute Gasteiger partial charge is 0.0698 e. The molecule has 5 nitrogen and oxygen atoms in total. The lowest BCUT2D eigenvalue weighted by Gasteiger charge is -2.34. The second kappa shape index (κ2) is 11.6. The molecule has 0 bridgehead atoms. The van der Waals surface area contributed by atoms with E-state index in [0.717, 1.165) is 13.1 Å². The van der Waals surface area contributed by atoms with Crippen molar-refractivity contribution in [2.24, 2.45) is 0 Å². The van der Waals surface area contributed by atoms with Crippen molar-refractivity contribution in [2.75, 3.05) is 52.7 Å². The molecule has 0 aliphatic heterocycles. The lowest BCUT2D eigenvalue weighted by Crippen LogP contribution is -2.41. The first kappa shape index (κ1) is 16.9. The zero-order valence-corrected chi connectivity index (χ0v) is 11.9. The summed E-state index contributed by atoms with van der Waals surface area (Å²) < 4.78 is 10.7. The normalized spacial score (nSPS) is 17.2. The lowest BCUT2D eigenvalue weighted by molar-refractivity contribution is 0.0310. The topological polar surface area (TPSA) is 62.2 Å².